The van der Waals surface area contributed by atoms with E-state index in [9.17, 15) is 4.39 Å². The second-order valence-electron chi connectivity index (χ2n) is 4.42. The fraction of sp³-hybridized carbons (Fsp3) is 1.00. The number of halogens is 1. The number of hydrogen-bond acceptors (Lipinski definition) is 0. The molecule has 0 aromatic carbocycles. The highest BCUT2D eigenvalue weighted by Gasteiger charge is 2.35. The van der Waals surface area contributed by atoms with Crippen molar-refractivity contribution in [2.75, 3.05) is 0 Å². The van der Waals surface area contributed by atoms with Crippen molar-refractivity contribution in [3.63, 3.8) is 0 Å². The molecule has 0 unspecified atom stereocenters. The summed E-state index contributed by atoms with van der Waals surface area (Å²) in [5.41, 5.74) is 0.177. The topological polar surface area (TPSA) is 0 Å². The van der Waals surface area contributed by atoms with E-state index in [1.165, 1.54) is 0 Å². The standard InChI is InChI=1S/C9H17F/c1-9(2,3)7-5-4-6-8(7)10/h7-8H,4-6H2,1-3H3/t7-,8+/m0/s1. The van der Waals surface area contributed by atoms with Gasteiger partial charge in [0.15, 0.2) is 0 Å². The lowest BCUT2D eigenvalue weighted by atomic mass is 9.79. The summed E-state index contributed by atoms with van der Waals surface area (Å²) in [5.74, 6) is 0.312. The Labute approximate surface area is 62.8 Å². The van der Waals surface area contributed by atoms with Crippen molar-refractivity contribution < 1.29 is 4.39 Å². The van der Waals surface area contributed by atoms with Gasteiger partial charge in [0, 0.05) is 0 Å². The van der Waals surface area contributed by atoms with Crippen LogP contribution in [0.2, 0.25) is 0 Å². The van der Waals surface area contributed by atoms with E-state index in [2.05, 4.69) is 20.8 Å². The predicted octanol–water partition coefficient (Wildman–Crippen LogP) is 3.17. The third kappa shape index (κ3) is 1.50. The highest BCUT2D eigenvalue weighted by atomic mass is 19.1. The van der Waals surface area contributed by atoms with Gasteiger partial charge in [-0.15, -0.1) is 0 Å². The second kappa shape index (κ2) is 2.52. The largest absolute Gasteiger partial charge is 0.247 e. The molecule has 1 heteroatoms. The first-order chi connectivity index (χ1) is 4.52. The summed E-state index contributed by atoms with van der Waals surface area (Å²) >= 11 is 0. The van der Waals surface area contributed by atoms with Gasteiger partial charge in [-0.1, -0.05) is 27.2 Å². The van der Waals surface area contributed by atoms with Crippen LogP contribution in [0.1, 0.15) is 40.0 Å². The third-order valence-corrected chi connectivity index (χ3v) is 2.54. The van der Waals surface area contributed by atoms with E-state index in [4.69, 9.17) is 0 Å². The van der Waals surface area contributed by atoms with E-state index in [1.807, 2.05) is 0 Å². The molecule has 1 saturated carbocycles. The Morgan fingerprint density at radius 3 is 2.00 bits per heavy atom. The summed E-state index contributed by atoms with van der Waals surface area (Å²) in [7, 11) is 0. The molecule has 0 amide bonds. The molecule has 0 radical (unpaired) electrons. The molecule has 0 nitrogen and oxygen atoms in total. The molecule has 10 heavy (non-hydrogen) atoms. The fourth-order valence-corrected chi connectivity index (χ4v) is 1.89. The van der Waals surface area contributed by atoms with Gasteiger partial charge >= 0.3 is 0 Å². The van der Waals surface area contributed by atoms with E-state index in [-0.39, 0.29) is 5.41 Å². The maximum Gasteiger partial charge on any atom is 0.103 e. The van der Waals surface area contributed by atoms with Crippen LogP contribution in [0, 0.1) is 11.3 Å². The third-order valence-electron chi connectivity index (χ3n) is 2.54. The molecule has 0 aromatic heterocycles. The fourth-order valence-electron chi connectivity index (χ4n) is 1.89. The molecule has 0 spiro atoms. The Hall–Kier alpha value is -0.0700. The number of hydrogen-bond donors (Lipinski definition) is 0. The van der Waals surface area contributed by atoms with Gasteiger partial charge in [-0.3, -0.25) is 0 Å². The van der Waals surface area contributed by atoms with Crippen molar-refractivity contribution in [1.82, 2.24) is 0 Å². The average Bonchev–Trinajstić information content (AvgIpc) is 2.11. The van der Waals surface area contributed by atoms with Crippen LogP contribution in [0.3, 0.4) is 0 Å². The van der Waals surface area contributed by atoms with Crippen LogP contribution in [-0.4, -0.2) is 6.17 Å². The quantitative estimate of drug-likeness (QED) is 0.490. The molecule has 0 heterocycles. The first kappa shape index (κ1) is 8.03. The summed E-state index contributed by atoms with van der Waals surface area (Å²) in [6.07, 6.45) is 2.44. The molecular weight excluding hydrogens is 127 g/mol. The second-order valence-corrected chi connectivity index (χ2v) is 4.42. The SMILES string of the molecule is CC(C)(C)[C@H]1CCC[C@H]1F. The summed E-state index contributed by atoms with van der Waals surface area (Å²) in [6, 6.07) is 0. The van der Waals surface area contributed by atoms with E-state index < -0.39 is 6.17 Å². The lowest BCUT2D eigenvalue weighted by Gasteiger charge is -2.28. The zero-order valence-electron chi connectivity index (χ0n) is 7.15. The van der Waals surface area contributed by atoms with Crippen molar-refractivity contribution >= 4 is 0 Å². The first-order valence-electron chi connectivity index (χ1n) is 4.16. The molecule has 0 N–H and O–H groups in total. The minimum Gasteiger partial charge on any atom is -0.247 e. The van der Waals surface area contributed by atoms with E-state index in [1.54, 1.807) is 0 Å². The van der Waals surface area contributed by atoms with Crippen LogP contribution in [0.5, 0.6) is 0 Å². The van der Waals surface area contributed by atoms with Crippen LogP contribution >= 0.6 is 0 Å². The molecule has 60 valence electrons. The number of alkyl halides is 1. The zero-order valence-corrected chi connectivity index (χ0v) is 7.15. The van der Waals surface area contributed by atoms with Gasteiger partial charge in [0.05, 0.1) is 0 Å². The molecule has 0 aliphatic heterocycles. The summed E-state index contributed by atoms with van der Waals surface area (Å²) in [6.45, 7) is 6.40. The molecule has 1 rings (SSSR count). The zero-order chi connectivity index (χ0) is 7.78. The Kier molecular flexibility index (Phi) is 2.02. The van der Waals surface area contributed by atoms with Crippen LogP contribution in [0.25, 0.3) is 0 Å². The minimum absolute atomic E-state index is 0.177. The maximum atomic E-state index is 13.1. The predicted molar refractivity (Wildman–Crippen MR) is 41.7 cm³/mol. The molecule has 1 fully saturated rings. The average molecular weight is 144 g/mol. The van der Waals surface area contributed by atoms with Gasteiger partial charge in [0.25, 0.3) is 0 Å². The van der Waals surface area contributed by atoms with Crippen LogP contribution in [0.4, 0.5) is 4.39 Å². The van der Waals surface area contributed by atoms with Gasteiger partial charge in [-0.05, 0) is 24.2 Å². The molecule has 0 bridgehead atoms. The summed E-state index contributed by atoms with van der Waals surface area (Å²) in [4.78, 5) is 0. The van der Waals surface area contributed by atoms with Crippen LogP contribution in [0.15, 0.2) is 0 Å². The highest BCUT2D eigenvalue weighted by molar-refractivity contribution is 4.85. The van der Waals surface area contributed by atoms with Gasteiger partial charge < -0.3 is 0 Å². The molecule has 2 atom stereocenters. The lowest BCUT2D eigenvalue weighted by molar-refractivity contribution is 0.144. The Morgan fingerprint density at radius 1 is 1.20 bits per heavy atom. The summed E-state index contributed by atoms with van der Waals surface area (Å²) in [5, 5.41) is 0. The Balaban J connectivity index is 2.55. The van der Waals surface area contributed by atoms with E-state index >= 15 is 0 Å². The van der Waals surface area contributed by atoms with Crippen molar-refractivity contribution in [2.24, 2.45) is 11.3 Å². The normalized spacial score (nSPS) is 34.8. The first-order valence-corrected chi connectivity index (χ1v) is 4.16. The molecular formula is C9H17F. The van der Waals surface area contributed by atoms with Gasteiger partial charge in [-0.2, -0.15) is 0 Å². The monoisotopic (exact) mass is 144 g/mol. The smallest absolute Gasteiger partial charge is 0.103 e. The van der Waals surface area contributed by atoms with Gasteiger partial charge in [0.2, 0.25) is 0 Å². The van der Waals surface area contributed by atoms with Crippen molar-refractivity contribution in [1.29, 1.82) is 0 Å². The van der Waals surface area contributed by atoms with E-state index in [0.29, 0.717) is 5.92 Å². The van der Waals surface area contributed by atoms with Crippen molar-refractivity contribution in [2.45, 2.75) is 46.2 Å². The molecule has 0 saturated heterocycles. The lowest BCUT2D eigenvalue weighted by Crippen LogP contribution is -2.24. The molecule has 0 aromatic rings. The Morgan fingerprint density at radius 2 is 1.80 bits per heavy atom. The van der Waals surface area contributed by atoms with Crippen molar-refractivity contribution in [3.8, 4) is 0 Å². The van der Waals surface area contributed by atoms with Gasteiger partial charge in [-0.25, -0.2) is 4.39 Å². The van der Waals surface area contributed by atoms with Crippen LogP contribution in [-0.2, 0) is 0 Å². The number of rotatable bonds is 0. The van der Waals surface area contributed by atoms with Gasteiger partial charge in [0.1, 0.15) is 6.17 Å². The Bertz CT molecular complexity index is 112. The van der Waals surface area contributed by atoms with Crippen LogP contribution < -0.4 is 0 Å². The highest BCUT2D eigenvalue weighted by Crippen LogP contribution is 2.40. The maximum absolute atomic E-state index is 13.1. The molecule has 1 aliphatic carbocycles. The molecule has 1 aliphatic rings. The van der Waals surface area contributed by atoms with Crippen molar-refractivity contribution in [3.05, 3.63) is 0 Å². The minimum atomic E-state index is -0.528. The summed E-state index contributed by atoms with van der Waals surface area (Å²) < 4.78 is 13.1. The van der Waals surface area contributed by atoms with E-state index in [0.717, 1.165) is 19.3 Å².